The summed E-state index contributed by atoms with van der Waals surface area (Å²) in [4.78, 5) is 22.2. The van der Waals surface area contributed by atoms with E-state index in [1.807, 2.05) is 37.3 Å². The van der Waals surface area contributed by atoms with Gasteiger partial charge in [0.15, 0.2) is 5.78 Å². The van der Waals surface area contributed by atoms with E-state index in [1.165, 1.54) is 0 Å². The van der Waals surface area contributed by atoms with Crippen molar-refractivity contribution in [3.05, 3.63) is 65.2 Å². The van der Waals surface area contributed by atoms with Crippen LogP contribution in [0.4, 0.5) is 0 Å². The molecule has 0 unspecified atom stereocenters. The van der Waals surface area contributed by atoms with Crippen LogP contribution in [0.1, 0.15) is 27.9 Å². The van der Waals surface area contributed by atoms with E-state index in [4.69, 9.17) is 9.84 Å². The number of ketones is 1. The van der Waals surface area contributed by atoms with Gasteiger partial charge in [0.25, 0.3) is 0 Å². The summed E-state index contributed by atoms with van der Waals surface area (Å²) in [6, 6.07) is 14.7. The third-order valence-electron chi connectivity index (χ3n) is 3.05. The van der Waals surface area contributed by atoms with E-state index in [0.717, 1.165) is 11.1 Å². The Morgan fingerprint density at radius 3 is 2.43 bits per heavy atom. The molecule has 0 heterocycles. The smallest absolute Gasteiger partial charge is 0.311 e. The lowest BCUT2D eigenvalue weighted by molar-refractivity contribution is -0.135. The number of aliphatic carboxylic acids is 1. The van der Waals surface area contributed by atoms with E-state index in [0.29, 0.717) is 17.9 Å². The zero-order valence-corrected chi connectivity index (χ0v) is 11.7. The predicted octanol–water partition coefficient (Wildman–Crippen LogP) is 3.23. The molecular formula is C17H16O4. The van der Waals surface area contributed by atoms with Gasteiger partial charge in [-0.15, -0.1) is 0 Å². The minimum absolute atomic E-state index is 0.391. The molecular weight excluding hydrogens is 268 g/mol. The average Bonchev–Trinajstić information content (AvgIpc) is 2.46. The molecule has 0 aliphatic carbocycles. The zero-order valence-electron chi connectivity index (χ0n) is 11.7. The van der Waals surface area contributed by atoms with E-state index in [-0.39, 0.29) is 0 Å². The summed E-state index contributed by atoms with van der Waals surface area (Å²) < 4.78 is 5.71. The number of ether oxygens (including phenoxy) is 1. The van der Waals surface area contributed by atoms with Crippen molar-refractivity contribution in [3.8, 4) is 5.75 Å². The summed E-state index contributed by atoms with van der Waals surface area (Å²) in [5, 5.41) is 8.63. The fourth-order valence-corrected chi connectivity index (χ4v) is 1.96. The highest BCUT2D eigenvalue weighted by Crippen LogP contribution is 2.21. The quantitative estimate of drug-likeness (QED) is 0.653. The third-order valence-corrected chi connectivity index (χ3v) is 3.05. The molecule has 21 heavy (non-hydrogen) atoms. The van der Waals surface area contributed by atoms with Gasteiger partial charge in [-0.3, -0.25) is 9.59 Å². The maximum absolute atomic E-state index is 11.7. The zero-order chi connectivity index (χ0) is 15.2. The second-order valence-corrected chi connectivity index (χ2v) is 4.75. The highest BCUT2D eigenvalue weighted by atomic mass is 16.5. The van der Waals surface area contributed by atoms with Crippen LogP contribution in [-0.2, 0) is 11.4 Å². The summed E-state index contributed by atoms with van der Waals surface area (Å²) >= 11 is 0. The van der Waals surface area contributed by atoms with Gasteiger partial charge in [0.05, 0.1) is 0 Å². The average molecular weight is 284 g/mol. The molecule has 2 aromatic rings. The maximum atomic E-state index is 11.7. The predicted molar refractivity (Wildman–Crippen MR) is 78.5 cm³/mol. The first-order valence-corrected chi connectivity index (χ1v) is 6.58. The van der Waals surface area contributed by atoms with E-state index < -0.39 is 18.2 Å². The van der Waals surface area contributed by atoms with Crippen LogP contribution in [0.25, 0.3) is 0 Å². The number of hydrogen-bond donors (Lipinski definition) is 1. The molecule has 2 aromatic carbocycles. The summed E-state index contributed by atoms with van der Waals surface area (Å²) in [6.45, 7) is 2.28. The third kappa shape index (κ3) is 4.18. The van der Waals surface area contributed by atoms with Gasteiger partial charge in [-0.05, 0) is 36.2 Å². The molecule has 2 rings (SSSR count). The summed E-state index contributed by atoms with van der Waals surface area (Å²) in [5.74, 6) is -0.840. The van der Waals surface area contributed by atoms with Crippen molar-refractivity contribution in [3.63, 3.8) is 0 Å². The highest BCUT2D eigenvalue weighted by molar-refractivity contribution is 6.05. The lowest BCUT2D eigenvalue weighted by atomic mass is 10.1. The van der Waals surface area contributed by atoms with E-state index in [1.54, 1.807) is 18.2 Å². The minimum atomic E-state index is -1.12. The van der Waals surface area contributed by atoms with Crippen LogP contribution >= 0.6 is 0 Å². The van der Waals surface area contributed by atoms with Crippen molar-refractivity contribution in [2.24, 2.45) is 0 Å². The van der Waals surface area contributed by atoms with Gasteiger partial charge in [-0.25, -0.2) is 0 Å². The normalized spacial score (nSPS) is 10.1. The van der Waals surface area contributed by atoms with Crippen LogP contribution in [0, 0.1) is 6.92 Å². The first-order chi connectivity index (χ1) is 10.1. The number of aryl methyl sites for hydroxylation is 1. The number of benzene rings is 2. The minimum Gasteiger partial charge on any atom is -0.489 e. The Hall–Kier alpha value is -2.62. The van der Waals surface area contributed by atoms with Crippen LogP contribution in [0.2, 0.25) is 0 Å². The lowest BCUT2D eigenvalue weighted by Gasteiger charge is -2.10. The first-order valence-electron chi connectivity index (χ1n) is 6.58. The van der Waals surface area contributed by atoms with Gasteiger partial charge in [0.1, 0.15) is 18.8 Å². The van der Waals surface area contributed by atoms with Crippen molar-refractivity contribution in [2.75, 3.05) is 0 Å². The van der Waals surface area contributed by atoms with Crippen LogP contribution in [0.3, 0.4) is 0 Å². The fraction of sp³-hybridized carbons (Fsp3) is 0.176. The van der Waals surface area contributed by atoms with Gasteiger partial charge >= 0.3 is 5.97 Å². The molecule has 0 aliphatic heterocycles. The molecule has 108 valence electrons. The fourth-order valence-electron chi connectivity index (χ4n) is 1.96. The molecule has 0 bridgehead atoms. The molecule has 0 aliphatic rings. The molecule has 0 saturated heterocycles. The van der Waals surface area contributed by atoms with Crippen LogP contribution < -0.4 is 4.74 Å². The Kier molecular flexibility index (Phi) is 4.72. The molecule has 0 atom stereocenters. The standard InChI is InChI=1S/C17H16O4/c1-12-9-14(15(18)10-17(19)20)7-8-16(12)21-11-13-5-3-2-4-6-13/h2-9H,10-11H2,1H3,(H,19,20). The Balaban J connectivity index is 2.05. The molecule has 0 aromatic heterocycles. The monoisotopic (exact) mass is 284 g/mol. The number of carboxylic acids is 1. The number of carbonyl (C=O) groups excluding carboxylic acids is 1. The van der Waals surface area contributed by atoms with E-state index in [9.17, 15) is 9.59 Å². The highest BCUT2D eigenvalue weighted by Gasteiger charge is 2.12. The summed E-state index contributed by atoms with van der Waals surface area (Å²) in [5.41, 5.74) is 2.26. The van der Waals surface area contributed by atoms with Crippen molar-refractivity contribution in [1.29, 1.82) is 0 Å². The van der Waals surface area contributed by atoms with Crippen molar-refractivity contribution < 1.29 is 19.4 Å². The summed E-state index contributed by atoms with van der Waals surface area (Å²) in [6.07, 6.45) is -0.496. The SMILES string of the molecule is Cc1cc(C(=O)CC(=O)O)ccc1OCc1ccccc1. The molecule has 4 heteroatoms. The van der Waals surface area contributed by atoms with Crippen LogP contribution in [0.5, 0.6) is 5.75 Å². The maximum Gasteiger partial charge on any atom is 0.311 e. The molecule has 4 nitrogen and oxygen atoms in total. The number of carbonyl (C=O) groups is 2. The Labute approximate surface area is 123 Å². The van der Waals surface area contributed by atoms with Gasteiger partial charge in [0, 0.05) is 5.56 Å². The molecule has 0 fully saturated rings. The topological polar surface area (TPSA) is 63.6 Å². The Morgan fingerprint density at radius 1 is 1.10 bits per heavy atom. The Morgan fingerprint density at radius 2 is 1.81 bits per heavy atom. The molecule has 0 spiro atoms. The molecule has 1 N–H and O–H groups in total. The number of rotatable bonds is 6. The van der Waals surface area contributed by atoms with Crippen molar-refractivity contribution >= 4 is 11.8 Å². The number of Topliss-reactive ketones (excluding diaryl/α,β-unsaturated/α-hetero) is 1. The van der Waals surface area contributed by atoms with Gasteiger partial charge in [-0.2, -0.15) is 0 Å². The molecule has 0 radical (unpaired) electrons. The van der Waals surface area contributed by atoms with Crippen molar-refractivity contribution in [2.45, 2.75) is 20.0 Å². The van der Waals surface area contributed by atoms with E-state index in [2.05, 4.69) is 0 Å². The molecule has 0 saturated carbocycles. The Bertz CT molecular complexity index is 647. The van der Waals surface area contributed by atoms with E-state index >= 15 is 0 Å². The number of carboxylic acid groups (broad SMARTS) is 1. The largest absolute Gasteiger partial charge is 0.489 e. The first kappa shape index (κ1) is 14.8. The van der Waals surface area contributed by atoms with Crippen LogP contribution in [0.15, 0.2) is 48.5 Å². The second-order valence-electron chi connectivity index (χ2n) is 4.75. The second kappa shape index (κ2) is 6.70. The van der Waals surface area contributed by atoms with Gasteiger partial charge in [0.2, 0.25) is 0 Å². The van der Waals surface area contributed by atoms with Gasteiger partial charge in [-0.1, -0.05) is 30.3 Å². The molecule has 0 amide bonds. The van der Waals surface area contributed by atoms with Crippen molar-refractivity contribution in [1.82, 2.24) is 0 Å². The van der Waals surface area contributed by atoms with Crippen LogP contribution in [-0.4, -0.2) is 16.9 Å². The lowest BCUT2D eigenvalue weighted by Crippen LogP contribution is -2.07. The number of hydrogen-bond acceptors (Lipinski definition) is 3. The van der Waals surface area contributed by atoms with Gasteiger partial charge < -0.3 is 9.84 Å². The summed E-state index contributed by atoms with van der Waals surface area (Å²) in [7, 11) is 0.